The number of fused-ring (bicyclic) bond motifs is 1. The molecule has 186 valence electrons. The zero-order valence-electron chi connectivity index (χ0n) is 20.0. The number of pyridine rings is 1. The van der Waals surface area contributed by atoms with E-state index in [1.807, 2.05) is 18.2 Å². The summed E-state index contributed by atoms with van der Waals surface area (Å²) in [6.45, 7) is 4.61. The van der Waals surface area contributed by atoms with Gasteiger partial charge in [0, 0.05) is 30.8 Å². The second kappa shape index (κ2) is 10.7. The Labute approximate surface area is 204 Å². The molecule has 8 nitrogen and oxygen atoms in total. The van der Waals surface area contributed by atoms with Crippen LogP contribution in [0, 0.1) is 0 Å². The fraction of sp³-hybridized carbons (Fsp3) is 0.385. The van der Waals surface area contributed by atoms with E-state index in [9.17, 15) is 18.0 Å². The molecule has 1 aliphatic heterocycles. The van der Waals surface area contributed by atoms with Gasteiger partial charge in [-0.1, -0.05) is 13.0 Å². The predicted molar refractivity (Wildman–Crippen MR) is 133 cm³/mol. The molecule has 1 fully saturated rings. The Morgan fingerprint density at radius 1 is 1.14 bits per heavy atom. The smallest absolute Gasteiger partial charge is 0.338 e. The quantitative estimate of drug-likeness (QED) is 0.452. The topological polar surface area (TPSA) is 106 Å². The van der Waals surface area contributed by atoms with E-state index in [0.717, 1.165) is 30.2 Å². The van der Waals surface area contributed by atoms with Crippen LogP contribution in [0.5, 0.6) is 0 Å². The first-order valence-electron chi connectivity index (χ1n) is 11.9. The Morgan fingerprint density at radius 2 is 1.91 bits per heavy atom. The lowest BCUT2D eigenvalue weighted by molar-refractivity contribution is 0.0526. The van der Waals surface area contributed by atoms with Crippen LogP contribution in [-0.2, 0) is 32.5 Å². The minimum absolute atomic E-state index is 0.0361. The van der Waals surface area contributed by atoms with Gasteiger partial charge < -0.3 is 14.5 Å². The normalized spacial score (nSPS) is 16.1. The van der Waals surface area contributed by atoms with Crippen LogP contribution in [0.15, 0.2) is 58.2 Å². The number of aromatic nitrogens is 1. The van der Waals surface area contributed by atoms with Gasteiger partial charge in [0.25, 0.3) is 5.56 Å². The molecule has 1 saturated heterocycles. The van der Waals surface area contributed by atoms with Crippen LogP contribution in [0.25, 0.3) is 10.9 Å². The second-order valence-corrected chi connectivity index (χ2v) is 10.5. The number of aryl methyl sites for hydroxylation is 1. The molecule has 35 heavy (non-hydrogen) atoms. The number of hydrogen-bond donors (Lipinski definition) is 1. The van der Waals surface area contributed by atoms with Crippen LogP contribution in [0.2, 0.25) is 0 Å². The monoisotopic (exact) mass is 498 g/mol. The average molecular weight is 499 g/mol. The summed E-state index contributed by atoms with van der Waals surface area (Å²) in [5, 5.41) is 0.854. The highest BCUT2D eigenvalue weighted by Gasteiger charge is 2.30. The molecular formula is C26H30N2O6S. The van der Waals surface area contributed by atoms with Crippen molar-refractivity contribution < 1.29 is 22.7 Å². The molecule has 1 N–H and O–H groups in total. The van der Waals surface area contributed by atoms with Crippen molar-refractivity contribution in [3.8, 4) is 0 Å². The number of aromatic amines is 1. The Bertz CT molecular complexity index is 1360. The van der Waals surface area contributed by atoms with E-state index in [0.29, 0.717) is 17.7 Å². The van der Waals surface area contributed by atoms with Gasteiger partial charge in [0.05, 0.1) is 23.2 Å². The summed E-state index contributed by atoms with van der Waals surface area (Å²) in [5.41, 5.74) is 2.14. The van der Waals surface area contributed by atoms with E-state index in [2.05, 4.69) is 11.9 Å². The number of nitrogens with one attached hydrogen (secondary N) is 1. The molecule has 0 aliphatic carbocycles. The van der Waals surface area contributed by atoms with E-state index in [-0.39, 0.29) is 41.8 Å². The highest BCUT2D eigenvalue weighted by molar-refractivity contribution is 7.89. The Hall–Kier alpha value is -3.01. The fourth-order valence-electron chi connectivity index (χ4n) is 4.22. The summed E-state index contributed by atoms with van der Waals surface area (Å²) in [5.74, 6) is -0.512. The van der Waals surface area contributed by atoms with Gasteiger partial charge in [-0.05, 0) is 79.6 Å². The van der Waals surface area contributed by atoms with E-state index < -0.39 is 16.0 Å². The maximum Gasteiger partial charge on any atom is 0.338 e. The Kier molecular flexibility index (Phi) is 7.69. The van der Waals surface area contributed by atoms with Gasteiger partial charge in [0.2, 0.25) is 10.0 Å². The molecule has 0 amide bonds. The number of benzene rings is 2. The van der Waals surface area contributed by atoms with Crippen molar-refractivity contribution in [1.29, 1.82) is 0 Å². The van der Waals surface area contributed by atoms with Gasteiger partial charge in [-0.15, -0.1) is 0 Å². The lowest BCUT2D eigenvalue weighted by atomic mass is 10.1. The number of rotatable bonds is 9. The molecule has 1 aromatic heterocycles. The van der Waals surface area contributed by atoms with Crippen LogP contribution in [0.3, 0.4) is 0 Å². The highest BCUT2D eigenvalue weighted by atomic mass is 32.2. The minimum atomic E-state index is -3.98. The van der Waals surface area contributed by atoms with Gasteiger partial charge in [-0.25, -0.2) is 13.2 Å². The Morgan fingerprint density at radius 3 is 2.57 bits per heavy atom. The summed E-state index contributed by atoms with van der Waals surface area (Å²) in [6, 6.07) is 13.2. The number of H-pyrrole nitrogens is 1. The number of esters is 1. The molecule has 9 heteroatoms. The molecule has 1 atom stereocenters. The van der Waals surface area contributed by atoms with Crippen molar-refractivity contribution in [3.05, 3.63) is 75.6 Å². The molecule has 3 aromatic rings. The summed E-state index contributed by atoms with van der Waals surface area (Å²) >= 11 is 0. The standard InChI is InChI=1S/C26H30N2O6S/c1-3-18-7-12-24-20(14-18)15-21(25(29)27-24)16-28(17-22-6-5-13-34-22)35(31,32)23-10-8-19(9-11-23)26(30)33-4-2/h7-12,14-15,22H,3-6,13,16-17H2,1-2H3,(H,27,29). The molecule has 0 spiro atoms. The van der Waals surface area contributed by atoms with E-state index in [1.165, 1.54) is 28.6 Å². The number of nitrogens with zero attached hydrogens (tertiary/aromatic N) is 1. The van der Waals surface area contributed by atoms with Gasteiger partial charge in [-0.2, -0.15) is 4.31 Å². The summed E-state index contributed by atoms with van der Waals surface area (Å²) in [4.78, 5) is 27.7. The first-order valence-corrected chi connectivity index (χ1v) is 13.3. The molecular weight excluding hydrogens is 468 g/mol. The van der Waals surface area contributed by atoms with Crippen molar-refractivity contribution in [2.24, 2.45) is 0 Å². The van der Waals surface area contributed by atoms with Gasteiger partial charge >= 0.3 is 5.97 Å². The lowest BCUT2D eigenvalue weighted by Gasteiger charge is -2.25. The first kappa shape index (κ1) is 25.1. The SMILES string of the molecule is CCOC(=O)c1ccc(S(=O)(=O)N(Cc2cc3cc(CC)ccc3[nH]c2=O)CC2CCCO2)cc1. The van der Waals surface area contributed by atoms with Crippen molar-refractivity contribution in [3.63, 3.8) is 0 Å². The predicted octanol–water partition coefficient (Wildman–Crippen LogP) is 3.64. The van der Waals surface area contributed by atoms with Gasteiger partial charge in [-0.3, -0.25) is 4.79 Å². The zero-order valence-corrected chi connectivity index (χ0v) is 20.8. The third-order valence-corrected chi connectivity index (χ3v) is 8.00. The van der Waals surface area contributed by atoms with Crippen molar-refractivity contribution in [1.82, 2.24) is 9.29 Å². The van der Waals surface area contributed by atoms with Crippen LogP contribution in [-0.4, -0.2) is 49.5 Å². The molecule has 4 rings (SSSR count). The second-order valence-electron chi connectivity index (χ2n) is 8.58. The molecule has 2 heterocycles. The first-order chi connectivity index (χ1) is 16.8. The maximum atomic E-state index is 13.6. The van der Waals surface area contributed by atoms with Gasteiger partial charge in [0.1, 0.15) is 0 Å². The number of hydrogen-bond acceptors (Lipinski definition) is 6. The number of carbonyl (C=O) groups excluding carboxylic acids is 1. The van der Waals surface area contributed by atoms with Crippen LogP contribution in [0.1, 0.15) is 48.2 Å². The lowest BCUT2D eigenvalue weighted by Crippen LogP contribution is -2.38. The zero-order chi connectivity index (χ0) is 25.0. The summed E-state index contributed by atoms with van der Waals surface area (Å²) in [6.07, 6.45) is 2.23. The largest absolute Gasteiger partial charge is 0.462 e. The number of sulfonamides is 1. The molecule has 0 radical (unpaired) electrons. The van der Waals surface area contributed by atoms with E-state index >= 15 is 0 Å². The van der Waals surface area contributed by atoms with Crippen LogP contribution in [0.4, 0.5) is 0 Å². The van der Waals surface area contributed by atoms with Gasteiger partial charge in [0.15, 0.2) is 0 Å². The highest BCUT2D eigenvalue weighted by Crippen LogP contribution is 2.23. The van der Waals surface area contributed by atoms with Crippen LogP contribution >= 0.6 is 0 Å². The molecule has 1 aliphatic rings. The average Bonchev–Trinajstić information content (AvgIpc) is 3.37. The summed E-state index contributed by atoms with van der Waals surface area (Å²) < 4.78 is 39.3. The molecule has 0 bridgehead atoms. The minimum Gasteiger partial charge on any atom is -0.462 e. The van der Waals surface area contributed by atoms with E-state index in [4.69, 9.17) is 9.47 Å². The van der Waals surface area contributed by atoms with Crippen molar-refractivity contribution >= 4 is 26.9 Å². The number of carbonyl (C=O) groups is 1. The third kappa shape index (κ3) is 5.63. The van der Waals surface area contributed by atoms with Crippen molar-refractivity contribution in [2.75, 3.05) is 19.8 Å². The molecule has 1 unspecified atom stereocenters. The number of ether oxygens (including phenoxy) is 2. The van der Waals surface area contributed by atoms with E-state index in [1.54, 1.807) is 13.0 Å². The fourth-order valence-corrected chi connectivity index (χ4v) is 5.67. The molecule has 0 saturated carbocycles. The third-order valence-electron chi connectivity index (χ3n) is 6.17. The maximum absolute atomic E-state index is 13.6. The molecule has 2 aromatic carbocycles. The summed E-state index contributed by atoms with van der Waals surface area (Å²) in [7, 11) is -3.98. The van der Waals surface area contributed by atoms with Crippen molar-refractivity contribution in [2.45, 2.75) is 50.7 Å². The Balaban J connectivity index is 1.68. The van der Waals surface area contributed by atoms with Crippen LogP contribution < -0.4 is 5.56 Å².